The van der Waals surface area contributed by atoms with Gasteiger partial charge in [0.25, 0.3) is 0 Å². The van der Waals surface area contributed by atoms with Crippen LogP contribution in [0.5, 0.6) is 0 Å². The van der Waals surface area contributed by atoms with E-state index in [4.69, 9.17) is 23.2 Å². The molecule has 1 saturated heterocycles. The topological polar surface area (TPSA) is 57.6 Å². The van der Waals surface area contributed by atoms with E-state index in [1.807, 2.05) is 69.3 Å². The number of rotatable bonds is 8. The van der Waals surface area contributed by atoms with Gasteiger partial charge in [0, 0.05) is 34.4 Å². The second-order valence-corrected chi connectivity index (χ2v) is 9.73. The van der Waals surface area contributed by atoms with Crippen molar-refractivity contribution in [2.75, 3.05) is 6.61 Å². The van der Waals surface area contributed by atoms with Crippen LogP contribution in [0.1, 0.15) is 69.5 Å². The summed E-state index contributed by atoms with van der Waals surface area (Å²) in [5.41, 5.74) is 1.16. The molecule has 0 saturated carbocycles. The molecule has 32 heavy (non-hydrogen) atoms. The average Bonchev–Trinajstić information content (AvgIpc) is 2.77. The lowest BCUT2D eigenvalue weighted by molar-refractivity contribution is -0.159. The first-order valence-corrected chi connectivity index (χ1v) is 12.0. The number of aliphatic hydroxyl groups is 1. The molecule has 6 heteroatoms. The minimum Gasteiger partial charge on any atom is -0.396 e. The van der Waals surface area contributed by atoms with Gasteiger partial charge in [0.2, 0.25) is 5.91 Å². The molecule has 1 N–H and O–H groups in total. The van der Waals surface area contributed by atoms with Gasteiger partial charge in [-0.15, -0.1) is 0 Å². The van der Waals surface area contributed by atoms with Crippen LogP contribution in [0.25, 0.3) is 0 Å². The lowest BCUT2D eigenvalue weighted by atomic mass is 9.67. The minimum absolute atomic E-state index is 0.0397. The lowest BCUT2D eigenvalue weighted by Crippen LogP contribution is -2.57. The molecule has 4 nitrogen and oxygen atoms in total. The first-order chi connectivity index (χ1) is 15.3. The van der Waals surface area contributed by atoms with Gasteiger partial charge < -0.3 is 10.0 Å². The second-order valence-electron chi connectivity index (χ2n) is 8.85. The summed E-state index contributed by atoms with van der Waals surface area (Å²) < 4.78 is 0. The molecule has 1 amide bonds. The van der Waals surface area contributed by atoms with E-state index in [2.05, 4.69) is 0 Å². The molecule has 1 unspecified atom stereocenters. The van der Waals surface area contributed by atoms with Crippen LogP contribution in [-0.4, -0.2) is 34.3 Å². The van der Waals surface area contributed by atoms with Crippen molar-refractivity contribution in [1.29, 1.82) is 0 Å². The Morgan fingerprint density at radius 3 is 2.38 bits per heavy atom. The number of amides is 1. The maximum Gasteiger partial charge on any atom is 0.229 e. The summed E-state index contributed by atoms with van der Waals surface area (Å²) in [5.74, 6) is -0.140. The summed E-state index contributed by atoms with van der Waals surface area (Å²) in [5, 5.41) is 11.0. The van der Waals surface area contributed by atoms with Crippen LogP contribution >= 0.6 is 23.2 Å². The van der Waals surface area contributed by atoms with Gasteiger partial charge in [0.15, 0.2) is 5.78 Å². The zero-order chi connectivity index (χ0) is 23.5. The number of aliphatic hydroxyl groups excluding tert-OH is 1. The predicted octanol–water partition coefficient (Wildman–Crippen LogP) is 6.20. The summed E-state index contributed by atoms with van der Waals surface area (Å²) in [4.78, 5) is 28.8. The molecule has 1 heterocycles. The largest absolute Gasteiger partial charge is 0.396 e. The van der Waals surface area contributed by atoms with Crippen LogP contribution in [-0.2, 0) is 9.59 Å². The number of halogens is 2. The quantitative estimate of drug-likeness (QED) is 0.494. The molecule has 0 aliphatic carbocycles. The number of likely N-dealkylation sites (tertiary alicyclic amines) is 1. The molecule has 0 spiro atoms. The highest BCUT2D eigenvalue weighted by molar-refractivity contribution is 6.30. The molecule has 0 radical (unpaired) electrons. The van der Waals surface area contributed by atoms with Crippen LogP contribution in [0.3, 0.4) is 0 Å². The van der Waals surface area contributed by atoms with Gasteiger partial charge >= 0.3 is 0 Å². The van der Waals surface area contributed by atoms with E-state index in [0.717, 1.165) is 11.1 Å². The number of piperidine rings is 1. The molecule has 2 aromatic rings. The molecule has 1 fully saturated rings. The Morgan fingerprint density at radius 1 is 1.12 bits per heavy atom. The third-order valence-corrected chi connectivity index (χ3v) is 7.18. The van der Waals surface area contributed by atoms with Gasteiger partial charge in [-0.3, -0.25) is 9.59 Å². The number of carbonyl (C=O) groups is 2. The zero-order valence-corrected chi connectivity index (χ0v) is 20.4. The minimum atomic E-state index is -0.786. The van der Waals surface area contributed by atoms with Crippen molar-refractivity contribution >= 4 is 34.9 Å². The molecule has 172 valence electrons. The van der Waals surface area contributed by atoms with Crippen molar-refractivity contribution in [1.82, 2.24) is 4.90 Å². The van der Waals surface area contributed by atoms with Crippen molar-refractivity contribution in [2.24, 2.45) is 5.41 Å². The Hall–Kier alpha value is -1.88. The van der Waals surface area contributed by atoms with Crippen LogP contribution in [0.15, 0.2) is 48.5 Å². The Balaban J connectivity index is 2.25. The van der Waals surface area contributed by atoms with E-state index in [1.54, 1.807) is 4.90 Å². The van der Waals surface area contributed by atoms with Crippen molar-refractivity contribution in [3.05, 3.63) is 69.7 Å². The van der Waals surface area contributed by atoms with E-state index in [-0.39, 0.29) is 30.3 Å². The van der Waals surface area contributed by atoms with Gasteiger partial charge in [-0.2, -0.15) is 0 Å². The van der Waals surface area contributed by atoms with Gasteiger partial charge in [-0.25, -0.2) is 0 Å². The van der Waals surface area contributed by atoms with Crippen molar-refractivity contribution in [3.63, 3.8) is 0 Å². The number of carbonyl (C=O) groups excluding carboxylic acids is 2. The number of ketones is 1. The summed E-state index contributed by atoms with van der Waals surface area (Å²) in [6.07, 6.45) is 1.77. The van der Waals surface area contributed by atoms with Gasteiger partial charge in [0.05, 0.1) is 12.1 Å². The standard InChI is InChI=1S/C26H31Cl2NO3/c1-4-22(23(31)5-2)29-24(17-9-11-19(27)12-10-17)21(18-7-6-8-20(28)15-18)16-26(3,13-14-30)25(29)32/h6-12,15,21-22,24,30H,4-5,13-14,16H2,1-3H3/t21-,22?,24-,26+/m1/s1. The number of hydrogen-bond donors (Lipinski definition) is 1. The molecule has 3 rings (SSSR count). The van der Waals surface area contributed by atoms with Gasteiger partial charge in [0.1, 0.15) is 0 Å². The highest BCUT2D eigenvalue weighted by Crippen LogP contribution is 2.52. The van der Waals surface area contributed by atoms with Crippen LogP contribution in [0, 0.1) is 5.41 Å². The molecule has 0 aromatic heterocycles. The Morgan fingerprint density at radius 2 is 1.81 bits per heavy atom. The fourth-order valence-corrected chi connectivity index (χ4v) is 5.34. The summed E-state index contributed by atoms with van der Waals surface area (Å²) in [6, 6.07) is 14.3. The molecule has 2 aromatic carbocycles. The number of nitrogens with zero attached hydrogens (tertiary/aromatic N) is 1. The second kappa shape index (κ2) is 10.4. The average molecular weight is 476 g/mol. The zero-order valence-electron chi connectivity index (χ0n) is 18.9. The fraction of sp³-hybridized carbons (Fsp3) is 0.462. The summed E-state index contributed by atoms with van der Waals surface area (Å²) in [6.45, 7) is 5.58. The van der Waals surface area contributed by atoms with Crippen LogP contribution < -0.4 is 0 Å². The number of benzene rings is 2. The van der Waals surface area contributed by atoms with E-state index >= 15 is 0 Å². The Bertz CT molecular complexity index is 962. The van der Waals surface area contributed by atoms with E-state index in [1.165, 1.54) is 0 Å². The molecular weight excluding hydrogens is 445 g/mol. The molecule has 1 aliphatic rings. The van der Waals surface area contributed by atoms with Crippen LogP contribution in [0.4, 0.5) is 0 Å². The maximum atomic E-state index is 14.0. The third kappa shape index (κ3) is 4.88. The fourth-order valence-electron chi connectivity index (χ4n) is 5.01. The first kappa shape index (κ1) is 24.8. The normalized spacial score (nSPS) is 24.4. The van der Waals surface area contributed by atoms with E-state index in [9.17, 15) is 14.7 Å². The summed E-state index contributed by atoms with van der Waals surface area (Å²) >= 11 is 12.5. The SMILES string of the molecule is CCC(=O)C(CC)N1C(=O)[C@@](C)(CCO)C[C@H](c2cccc(Cl)c2)[C@H]1c1ccc(Cl)cc1. The smallest absolute Gasteiger partial charge is 0.229 e. The Kier molecular flexibility index (Phi) is 8.02. The number of Topliss-reactive ketones (excluding diaryl/α,β-unsaturated/α-hetero) is 1. The molecular formula is C26H31Cl2NO3. The third-order valence-electron chi connectivity index (χ3n) is 6.70. The molecule has 4 atom stereocenters. The van der Waals surface area contributed by atoms with Crippen molar-refractivity contribution in [2.45, 2.75) is 64.5 Å². The van der Waals surface area contributed by atoms with Gasteiger partial charge in [-0.05, 0) is 54.7 Å². The van der Waals surface area contributed by atoms with Crippen molar-refractivity contribution in [3.8, 4) is 0 Å². The summed E-state index contributed by atoms with van der Waals surface area (Å²) in [7, 11) is 0. The van der Waals surface area contributed by atoms with E-state index in [0.29, 0.717) is 35.7 Å². The highest BCUT2D eigenvalue weighted by Gasteiger charge is 2.51. The lowest BCUT2D eigenvalue weighted by Gasteiger charge is -2.51. The maximum absolute atomic E-state index is 14.0. The predicted molar refractivity (Wildman–Crippen MR) is 129 cm³/mol. The number of hydrogen-bond acceptors (Lipinski definition) is 3. The Labute approximate surface area is 200 Å². The molecule has 1 aliphatic heterocycles. The van der Waals surface area contributed by atoms with E-state index < -0.39 is 11.5 Å². The van der Waals surface area contributed by atoms with Crippen molar-refractivity contribution < 1.29 is 14.7 Å². The first-order valence-electron chi connectivity index (χ1n) is 11.2. The van der Waals surface area contributed by atoms with Gasteiger partial charge in [-0.1, -0.05) is 68.2 Å². The monoisotopic (exact) mass is 475 g/mol. The highest BCUT2D eigenvalue weighted by atomic mass is 35.5. The molecule has 0 bridgehead atoms. The van der Waals surface area contributed by atoms with Crippen LogP contribution in [0.2, 0.25) is 10.0 Å².